The molecule has 0 amide bonds. The Bertz CT molecular complexity index is 1230. The number of thioether (sulfide) groups is 1. The minimum Gasteiger partial charge on any atom is -0.496 e. The second-order valence-corrected chi connectivity index (χ2v) is 7.19. The standard InChI is InChI=1S/C21H17FN4O2S/c1-28-17-8-3-2-6-15(17)12-26-20(27)18-19(24-10-9-23-18)25-21(26)29-13-14-5-4-7-16(22)11-14/h2-11H,12-13H2,1H3. The molecule has 2 heterocycles. The van der Waals surface area contributed by atoms with Crippen LogP contribution in [-0.4, -0.2) is 26.6 Å². The summed E-state index contributed by atoms with van der Waals surface area (Å²) in [7, 11) is 1.59. The number of benzene rings is 2. The molecule has 146 valence electrons. The van der Waals surface area contributed by atoms with Crippen molar-refractivity contribution in [2.75, 3.05) is 7.11 Å². The summed E-state index contributed by atoms with van der Waals surface area (Å²) in [6.07, 6.45) is 2.97. The normalized spacial score (nSPS) is 11.0. The molecule has 0 fully saturated rings. The van der Waals surface area contributed by atoms with E-state index in [0.717, 1.165) is 11.1 Å². The maximum absolute atomic E-state index is 13.5. The fourth-order valence-corrected chi connectivity index (χ4v) is 3.89. The summed E-state index contributed by atoms with van der Waals surface area (Å²) >= 11 is 1.35. The van der Waals surface area contributed by atoms with E-state index < -0.39 is 0 Å². The van der Waals surface area contributed by atoms with Gasteiger partial charge in [-0.2, -0.15) is 0 Å². The maximum atomic E-state index is 13.5. The number of fused-ring (bicyclic) bond motifs is 1. The molecule has 0 unspecified atom stereocenters. The van der Waals surface area contributed by atoms with Gasteiger partial charge in [-0.25, -0.2) is 19.3 Å². The zero-order chi connectivity index (χ0) is 20.2. The molecule has 0 atom stereocenters. The van der Waals surface area contributed by atoms with Gasteiger partial charge >= 0.3 is 0 Å². The first kappa shape index (κ1) is 19.1. The minimum atomic E-state index is -0.299. The zero-order valence-corrected chi connectivity index (χ0v) is 16.4. The van der Waals surface area contributed by atoms with Gasteiger partial charge in [0, 0.05) is 23.7 Å². The summed E-state index contributed by atoms with van der Waals surface area (Å²) < 4.78 is 20.5. The number of nitrogens with zero attached hydrogens (tertiary/aromatic N) is 4. The van der Waals surface area contributed by atoms with Crippen LogP contribution in [0.1, 0.15) is 11.1 Å². The quantitative estimate of drug-likeness (QED) is 0.358. The third-order valence-corrected chi connectivity index (χ3v) is 5.38. The van der Waals surface area contributed by atoms with Gasteiger partial charge in [-0.05, 0) is 23.8 Å². The minimum absolute atomic E-state index is 0.206. The van der Waals surface area contributed by atoms with Crippen LogP contribution >= 0.6 is 11.8 Å². The van der Waals surface area contributed by atoms with E-state index >= 15 is 0 Å². The fraction of sp³-hybridized carbons (Fsp3) is 0.143. The Hall–Kier alpha value is -3.26. The first-order chi connectivity index (χ1) is 14.2. The highest BCUT2D eigenvalue weighted by molar-refractivity contribution is 7.98. The molecule has 2 aromatic heterocycles. The van der Waals surface area contributed by atoms with Crippen molar-refractivity contribution in [1.82, 2.24) is 19.5 Å². The van der Waals surface area contributed by atoms with E-state index in [1.807, 2.05) is 30.3 Å². The maximum Gasteiger partial charge on any atom is 0.282 e. The van der Waals surface area contributed by atoms with Gasteiger partial charge in [-0.15, -0.1) is 0 Å². The van der Waals surface area contributed by atoms with Crippen LogP contribution < -0.4 is 10.3 Å². The Morgan fingerprint density at radius 1 is 1.10 bits per heavy atom. The van der Waals surface area contributed by atoms with Gasteiger partial charge in [-0.3, -0.25) is 9.36 Å². The smallest absolute Gasteiger partial charge is 0.282 e. The van der Waals surface area contributed by atoms with Crippen LogP contribution in [0, 0.1) is 5.82 Å². The Morgan fingerprint density at radius 3 is 2.76 bits per heavy atom. The fourth-order valence-electron chi connectivity index (χ4n) is 2.96. The lowest BCUT2D eigenvalue weighted by molar-refractivity contribution is 0.407. The molecule has 0 saturated carbocycles. The molecule has 6 nitrogen and oxygen atoms in total. The summed E-state index contributed by atoms with van der Waals surface area (Å²) in [5, 5.41) is 0.484. The number of ether oxygens (including phenoxy) is 1. The molecular formula is C21H17FN4O2S. The van der Waals surface area contributed by atoms with Gasteiger partial charge in [0.15, 0.2) is 16.3 Å². The number of para-hydroxylation sites is 1. The van der Waals surface area contributed by atoms with Crippen molar-refractivity contribution in [3.63, 3.8) is 0 Å². The Labute approximate surface area is 170 Å². The molecule has 29 heavy (non-hydrogen) atoms. The topological polar surface area (TPSA) is 69.9 Å². The summed E-state index contributed by atoms with van der Waals surface area (Å²) in [6, 6.07) is 13.9. The van der Waals surface area contributed by atoms with Crippen LogP contribution in [0.4, 0.5) is 4.39 Å². The highest BCUT2D eigenvalue weighted by Gasteiger charge is 2.15. The van der Waals surface area contributed by atoms with E-state index in [1.165, 1.54) is 36.3 Å². The van der Waals surface area contributed by atoms with Gasteiger partial charge in [0.1, 0.15) is 11.6 Å². The predicted molar refractivity (Wildman–Crippen MR) is 110 cm³/mol. The average molecular weight is 408 g/mol. The Morgan fingerprint density at radius 2 is 1.93 bits per heavy atom. The number of hydrogen-bond donors (Lipinski definition) is 0. The van der Waals surface area contributed by atoms with Crippen LogP contribution in [0.15, 0.2) is 70.9 Å². The first-order valence-electron chi connectivity index (χ1n) is 8.86. The van der Waals surface area contributed by atoms with E-state index in [-0.39, 0.29) is 29.1 Å². The molecule has 0 N–H and O–H groups in total. The Balaban J connectivity index is 1.77. The van der Waals surface area contributed by atoms with E-state index in [1.54, 1.807) is 17.7 Å². The largest absolute Gasteiger partial charge is 0.496 e. The predicted octanol–water partition coefficient (Wildman–Crippen LogP) is 3.67. The molecule has 8 heteroatoms. The first-order valence-corrected chi connectivity index (χ1v) is 9.85. The highest BCUT2D eigenvalue weighted by Crippen LogP contribution is 2.24. The number of aromatic nitrogens is 4. The molecule has 0 aliphatic carbocycles. The van der Waals surface area contributed by atoms with E-state index in [9.17, 15) is 9.18 Å². The summed E-state index contributed by atoms with van der Waals surface area (Å²) in [4.78, 5) is 26.0. The van der Waals surface area contributed by atoms with Crippen molar-refractivity contribution in [1.29, 1.82) is 0 Å². The summed E-state index contributed by atoms with van der Waals surface area (Å²) in [5.41, 5.74) is 1.85. The van der Waals surface area contributed by atoms with Gasteiger partial charge in [-0.1, -0.05) is 42.1 Å². The molecular weight excluding hydrogens is 391 g/mol. The van der Waals surface area contributed by atoms with Gasteiger partial charge in [0.2, 0.25) is 0 Å². The van der Waals surface area contributed by atoms with Crippen LogP contribution in [0.3, 0.4) is 0 Å². The van der Waals surface area contributed by atoms with Crippen molar-refractivity contribution in [2.24, 2.45) is 0 Å². The lowest BCUT2D eigenvalue weighted by Gasteiger charge is -2.14. The number of rotatable bonds is 6. The SMILES string of the molecule is COc1ccccc1Cn1c(SCc2cccc(F)c2)nc2nccnc2c1=O. The van der Waals surface area contributed by atoms with Crippen LogP contribution in [0.2, 0.25) is 0 Å². The van der Waals surface area contributed by atoms with Gasteiger partial charge < -0.3 is 4.74 Å². The van der Waals surface area contributed by atoms with Crippen molar-refractivity contribution < 1.29 is 9.13 Å². The molecule has 2 aromatic carbocycles. The Kier molecular flexibility index (Phi) is 5.53. The van der Waals surface area contributed by atoms with E-state index in [4.69, 9.17) is 4.74 Å². The average Bonchev–Trinajstić information content (AvgIpc) is 2.75. The van der Waals surface area contributed by atoms with Gasteiger partial charge in [0.25, 0.3) is 5.56 Å². The molecule has 0 aliphatic heterocycles. The van der Waals surface area contributed by atoms with E-state index in [0.29, 0.717) is 16.7 Å². The van der Waals surface area contributed by atoms with Gasteiger partial charge in [0.05, 0.1) is 13.7 Å². The second-order valence-electron chi connectivity index (χ2n) is 6.24. The number of halogens is 1. The molecule has 0 bridgehead atoms. The second kappa shape index (κ2) is 8.40. The van der Waals surface area contributed by atoms with Crippen molar-refractivity contribution in [3.8, 4) is 5.75 Å². The monoisotopic (exact) mass is 408 g/mol. The summed E-state index contributed by atoms with van der Waals surface area (Å²) in [6.45, 7) is 0.272. The van der Waals surface area contributed by atoms with E-state index in [2.05, 4.69) is 15.0 Å². The molecule has 4 aromatic rings. The van der Waals surface area contributed by atoms with Crippen LogP contribution in [0.5, 0.6) is 5.75 Å². The number of hydrogen-bond acceptors (Lipinski definition) is 6. The lowest BCUT2D eigenvalue weighted by atomic mass is 10.2. The molecule has 0 radical (unpaired) electrons. The number of methoxy groups -OCH3 is 1. The zero-order valence-electron chi connectivity index (χ0n) is 15.6. The lowest BCUT2D eigenvalue weighted by Crippen LogP contribution is -2.25. The van der Waals surface area contributed by atoms with Crippen molar-refractivity contribution in [2.45, 2.75) is 17.5 Å². The third-order valence-electron chi connectivity index (χ3n) is 4.34. The molecule has 0 saturated heterocycles. The molecule has 4 rings (SSSR count). The van der Waals surface area contributed by atoms with Crippen LogP contribution in [0.25, 0.3) is 11.2 Å². The third kappa shape index (κ3) is 4.12. The molecule has 0 aliphatic rings. The highest BCUT2D eigenvalue weighted by atomic mass is 32.2. The summed E-state index contributed by atoms with van der Waals surface area (Å²) in [5.74, 6) is 0.841. The van der Waals surface area contributed by atoms with Crippen LogP contribution in [-0.2, 0) is 12.3 Å². The van der Waals surface area contributed by atoms with Crippen molar-refractivity contribution in [3.05, 3.63) is 88.2 Å². The van der Waals surface area contributed by atoms with Crippen molar-refractivity contribution >= 4 is 22.9 Å². The molecule has 0 spiro atoms.